The van der Waals surface area contributed by atoms with Gasteiger partial charge in [0.05, 0.1) is 17.3 Å². The molecule has 0 aliphatic carbocycles. The molecule has 6 nitrogen and oxygen atoms in total. The molecular weight excluding hydrogens is 424 g/mol. The number of aliphatic hydroxyl groups excluding tert-OH is 1. The van der Waals surface area contributed by atoms with Crippen molar-refractivity contribution in [1.29, 1.82) is 0 Å². The van der Waals surface area contributed by atoms with Crippen LogP contribution in [0, 0.1) is 20.8 Å². The molecule has 1 amide bonds. The van der Waals surface area contributed by atoms with Gasteiger partial charge in [-0.2, -0.15) is 0 Å². The Kier molecular flexibility index (Phi) is 4.71. The van der Waals surface area contributed by atoms with E-state index in [9.17, 15) is 14.7 Å². The molecule has 2 aromatic carbocycles. The van der Waals surface area contributed by atoms with E-state index in [0.717, 1.165) is 21.5 Å². The summed E-state index contributed by atoms with van der Waals surface area (Å²) in [5.74, 6) is -1.67. The van der Waals surface area contributed by atoms with E-state index in [1.807, 2.05) is 63.2 Å². The third kappa shape index (κ3) is 3.13. The van der Waals surface area contributed by atoms with E-state index in [4.69, 9.17) is 4.42 Å². The number of hydrogen-bond acceptors (Lipinski definition) is 6. The summed E-state index contributed by atoms with van der Waals surface area (Å²) in [4.78, 5) is 33.7. The van der Waals surface area contributed by atoms with Crippen molar-refractivity contribution in [3.8, 4) is 0 Å². The highest BCUT2D eigenvalue weighted by atomic mass is 32.1. The number of carbonyl (C=O) groups excluding carboxylic acids is 2. The predicted octanol–water partition coefficient (Wildman–Crippen LogP) is 5.60. The molecule has 2 aromatic heterocycles. The van der Waals surface area contributed by atoms with Crippen LogP contribution in [0.2, 0.25) is 0 Å². The lowest BCUT2D eigenvalue weighted by Crippen LogP contribution is -2.31. The number of carbonyl (C=O) groups is 2. The molecule has 160 valence electrons. The summed E-state index contributed by atoms with van der Waals surface area (Å²) in [6.07, 6.45) is 0. The molecule has 0 spiro atoms. The van der Waals surface area contributed by atoms with Gasteiger partial charge in [-0.1, -0.05) is 48.0 Å². The smallest absolute Gasteiger partial charge is 0.296 e. The van der Waals surface area contributed by atoms with Crippen LogP contribution in [0.4, 0.5) is 5.13 Å². The van der Waals surface area contributed by atoms with Crippen molar-refractivity contribution >= 4 is 39.1 Å². The van der Waals surface area contributed by atoms with Gasteiger partial charge in [0.25, 0.3) is 5.91 Å². The number of benzene rings is 2. The number of hydrogen-bond donors (Lipinski definition) is 1. The number of rotatable bonds is 4. The Morgan fingerprint density at radius 1 is 1.09 bits per heavy atom. The standard InChI is InChI=1S/C25H20N2O4S/c1-13-8-10-16(11-9-13)21-20(22(28)19-12-17-6-4-5-7-18(17)31-19)23(29)24(30)27(21)25-26-14(2)15(3)32-25/h4-12,21,29H,1-3H3. The molecular formula is C25H20N2O4S. The van der Waals surface area contributed by atoms with Gasteiger partial charge in [0.15, 0.2) is 16.7 Å². The van der Waals surface area contributed by atoms with Crippen molar-refractivity contribution < 1.29 is 19.1 Å². The van der Waals surface area contributed by atoms with Gasteiger partial charge in [-0.25, -0.2) is 4.98 Å². The highest BCUT2D eigenvalue weighted by Gasteiger charge is 2.46. The summed E-state index contributed by atoms with van der Waals surface area (Å²) < 4.78 is 5.76. The number of aromatic nitrogens is 1. The fraction of sp³-hybridized carbons (Fsp3) is 0.160. The highest BCUT2D eigenvalue weighted by Crippen LogP contribution is 2.43. The lowest BCUT2D eigenvalue weighted by atomic mass is 9.94. The average Bonchev–Trinajstić information content (AvgIpc) is 3.43. The Bertz CT molecular complexity index is 1360. The number of anilines is 1. The van der Waals surface area contributed by atoms with Crippen molar-refractivity contribution in [1.82, 2.24) is 4.98 Å². The van der Waals surface area contributed by atoms with E-state index in [2.05, 4.69) is 4.98 Å². The minimum Gasteiger partial charge on any atom is -0.503 e. The Morgan fingerprint density at radius 2 is 1.81 bits per heavy atom. The summed E-state index contributed by atoms with van der Waals surface area (Å²) in [6.45, 7) is 5.75. The van der Waals surface area contributed by atoms with E-state index in [1.165, 1.54) is 16.2 Å². The fourth-order valence-electron chi connectivity index (χ4n) is 3.88. The number of fused-ring (bicyclic) bond motifs is 1. The van der Waals surface area contributed by atoms with Crippen molar-refractivity contribution in [2.24, 2.45) is 0 Å². The van der Waals surface area contributed by atoms with Crippen LogP contribution in [0.1, 0.15) is 38.3 Å². The second-order valence-electron chi connectivity index (χ2n) is 7.87. The third-order valence-electron chi connectivity index (χ3n) is 5.72. The lowest BCUT2D eigenvalue weighted by Gasteiger charge is -2.24. The quantitative estimate of drug-likeness (QED) is 0.414. The second kappa shape index (κ2) is 7.46. The molecule has 1 N–H and O–H groups in total. The monoisotopic (exact) mass is 444 g/mol. The molecule has 7 heteroatoms. The summed E-state index contributed by atoms with van der Waals surface area (Å²) in [6, 6.07) is 15.6. The molecule has 3 heterocycles. The Balaban J connectivity index is 1.67. The number of furan rings is 1. The van der Waals surface area contributed by atoms with E-state index < -0.39 is 23.5 Å². The van der Waals surface area contributed by atoms with Crippen LogP contribution >= 0.6 is 11.3 Å². The number of thiazole rings is 1. The zero-order chi connectivity index (χ0) is 22.6. The maximum absolute atomic E-state index is 13.6. The van der Waals surface area contributed by atoms with Gasteiger partial charge in [-0.05, 0) is 38.5 Å². The fourth-order valence-corrected chi connectivity index (χ4v) is 4.82. The molecule has 0 saturated heterocycles. The Morgan fingerprint density at radius 3 is 2.47 bits per heavy atom. The van der Waals surface area contributed by atoms with Crippen molar-refractivity contribution in [2.75, 3.05) is 4.90 Å². The first-order chi connectivity index (χ1) is 15.3. The normalized spacial score (nSPS) is 16.4. The first kappa shape index (κ1) is 20.2. The SMILES string of the molecule is Cc1ccc(C2C(C(=O)c3cc4ccccc4o3)=C(O)C(=O)N2c2nc(C)c(C)s2)cc1. The number of aliphatic hydroxyl groups is 1. The second-order valence-corrected chi connectivity index (χ2v) is 9.05. The largest absolute Gasteiger partial charge is 0.503 e. The number of aryl methyl sites for hydroxylation is 3. The van der Waals surface area contributed by atoms with E-state index >= 15 is 0 Å². The van der Waals surface area contributed by atoms with Gasteiger partial charge in [0.2, 0.25) is 5.78 Å². The molecule has 1 aliphatic rings. The topological polar surface area (TPSA) is 83.6 Å². The van der Waals surface area contributed by atoms with Gasteiger partial charge < -0.3 is 9.52 Å². The first-order valence-electron chi connectivity index (χ1n) is 10.2. The third-order valence-corrected chi connectivity index (χ3v) is 6.79. The van der Waals surface area contributed by atoms with Crippen LogP contribution < -0.4 is 4.90 Å². The zero-order valence-corrected chi connectivity index (χ0v) is 18.6. The summed E-state index contributed by atoms with van der Waals surface area (Å²) in [5, 5.41) is 12.1. The molecule has 5 rings (SSSR count). The summed E-state index contributed by atoms with van der Waals surface area (Å²) >= 11 is 1.35. The van der Waals surface area contributed by atoms with E-state index in [0.29, 0.717) is 16.3 Å². The van der Waals surface area contributed by atoms with E-state index in [1.54, 1.807) is 12.1 Å². The summed E-state index contributed by atoms with van der Waals surface area (Å²) in [7, 11) is 0. The Labute approximate surface area is 188 Å². The van der Waals surface area contributed by atoms with Crippen LogP contribution in [-0.4, -0.2) is 21.8 Å². The van der Waals surface area contributed by atoms with Crippen LogP contribution in [0.5, 0.6) is 0 Å². The molecule has 0 bridgehead atoms. The molecule has 1 atom stereocenters. The lowest BCUT2D eigenvalue weighted by molar-refractivity contribution is -0.117. The molecule has 0 radical (unpaired) electrons. The van der Waals surface area contributed by atoms with Crippen LogP contribution in [0.3, 0.4) is 0 Å². The molecule has 4 aromatic rings. The van der Waals surface area contributed by atoms with Gasteiger partial charge >= 0.3 is 0 Å². The molecule has 1 unspecified atom stereocenters. The Hall–Kier alpha value is -3.71. The van der Waals surface area contributed by atoms with E-state index in [-0.39, 0.29) is 11.3 Å². The molecule has 32 heavy (non-hydrogen) atoms. The summed E-state index contributed by atoms with van der Waals surface area (Å²) in [5.41, 5.74) is 3.11. The number of amides is 1. The van der Waals surface area contributed by atoms with Gasteiger partial charge in [0, 0.05) is 10.3 Å². The van der Waals surface area contributed by atoms with Crippen LogP contribution in [0.25, 0.3) is 11.0 Å². The molecule has 1 aliphatic heterocycles. The highest BCUT2D eigenvalue weighted by molar-refractivity contribution is 7.15. The van der Waals surface area contributed by atoms with Crippen molar-refractivity contribution in [3.63, 3.8) is 0 Å². The maximum atomic E-state index is 13.6. The number of Topliss-reactive ketones (excluding diaryl/α,β-unsaturated/α-hetero) is 1. The first-order valence-corrected chi connectivity index (χ1v) is 11.0. The minimum atomic E-state index is -0.811. The van der Waals surface area contributed by atoms with Gasteiger partial charge in [-0.3, -0.25) is 14.5 Å². The number of ketones is 1. The van der Waals surface area contributed by atoms with Gasteiger partial charge in [-0.15, -0.1) is 11.3 Å². The minimum absolute atomic E-state index is 0.0107. The number of para-hydroxylation sites is 1. The average molecular weight is 445 g/mol. The molecule has 0 fully saturated rings. The molecule has 0 saturated carbocycles. The maximum Gasteiger partial charge on any atom is 0.296 e. The van der Waals surface area contributed by atoms with Crippen molar-refractivity contribution in [3.05, 3.63) is 93.4 Å². The number of nitrogens with zero attached hydrogens (tertiary/aromatic N) is 2. The van der Waals surface area contributed by atoms with Crippen molar-refractivity contribution in [2.45, 2.75) is 26.8 Å². The van der Waals surface area contributed by atoms with Crippen LogP contribution in [0.15, 0.2) is 70.3 Å². The zero-order valence-electron chi connectivity index (χ0n) is 17.7. The van der Waals surface area contributed by atoms with Gasteiger partial charge in [0.1, 0.15) is 5.58 Å². The van der Waals surface area contributed by atoms with Crippen LogP contribution in [-0.2, 0) is 4.79 Å². The predicted molar refractivity (Wildman–Crippen MR) is 123 cm³/mol.